The van der Waals surface area contributed by atoms with Crippen LogP contribution in [0.2, 0.25) is 0 Å². The normalized spacial score (nSPS) is 33.0. The molecule has 1 saturated carbocycles. The molecule has 2 saturated heterocycles. The third-order valence-electron chi connectivity index (χ3n) is 4.94. The molecule has 4 nitrogen and oxygen atoms in total. The molecule has 2 aliphatic heterocycles. The van der Waals surface area contributed by atoms with E-state index >= 15 is 0 Å². The second-order valence-electron chi connectivity index (χ2n) is 6.32. The summed E-state index contributed by atoms with van der Waals surface area (Å²) in [6.07, 6.45) is 7.55. The minimum Gasteiger partial charge on any atom is -0.381 e. The molecule has 0 bridgehead atoms. The third-order valence-corrected chi connectivity index (χ3v) is 4.94. The summed E-state index contributed by atoms with van der Waals surface area (Å²) in [7, 11) is 0. The summed E-state index contributed by atoms with van der Waals surface area (Å²) in [6.45, 7) is 5.48. The van der Waals surface area contributed by atoms with Gasteiger partial charge < -0.3 is 19.5 Å². The topological polar surface area (TPSA) is 39.7 Å². The van der Waals surface area contributed by atoms with Gasteiger partial charge in [0.1, 0.15) is 0 Å². The number of nitrogens with one attached hydrogen (secondary N) is 1. The highest BCUT2D eigenvalue weighted by atomic mass is 16.7. The van der Waals surface area contributed by atoms with Gasteiger partial charge in [-0.1, -0.05) is 12.8 Å². The summed E-state index contributed by atoms with van der Waals surface area (Å²) in [5.41, 5.74) is 0. The molecule has 3 fully saturated rings. The molecule has 19 heavy (non-hydrogen) atoms. The molecule has 1 spiro atoms. The Balaban J connectivity index is 1.41. The van der Waals surface area contributed by atoms with E-state index in [1.165, 1.54) is 25.7 Å². The highest BCUT2D eigenvalue weighted by Gasteiger charge is 2.42. The molecule has 0 aromatic rings. The van der Waals surface area contributed by atoms with E-state index in [1.807, 2.05) is 0 Å². The molecular weight excluding hydrogens is 242 g/mol. The lowest BCUT2D eigenvalue weighted by Gasteiger charge is -2.32. The Morgan fingerprint density at radius 1 is 1.21 bits per heavy atom. The second-order valence-corrected chi connectivity index (χ2v) is 6.32. The van der Waals surface area contributed by atoms with E-state index < -0.39 is 0 Å². The van der Waals surface area contributed by atoms with Crippen molar-refractivity contribution in [2.24, 2.45) is 5.92 Å². The fraction of sp³-hybridized carbons (Fsp3) is 1.00. The van der Waals surface area contributed by atoms with E-state index in [1.54, 1.807) is 0 Å². The molecule has 0 aromatic carbocycles. The minimum atomic E-state index is -0.332. The Bertz CT molecular complexity index is 285. The molecule has 0 amide bonds. The molecule has 2 atom stereocenters. The van der Waals surface area contributed by atoms with E-state index in [-0.39, 0.29) is 11.9 Å². The van der Waals surface area contributed by atoms with E-state index in [0.29, 0.717) is 6.04 Å². The first-order chi connectivity index (χ1) is 9.27. The fourth-order valence-corrected chi connectivity index (χ4v) is 3.60. The van der Waals surface area contributed by atoms with Crippen molar-refractivity contribution in [1.29, 1.82) is 0 Å². The first kappa shape index (κ1) is 13.8. The fourth-order valence-electron chi connectivity index (χ4n) is 3.60. The molecule has 3 rings (SSSR count). The van der Waals surface area contributed by atoms with Crippen LogP contribution >= 0.6 is 0 Å². The van der Waals surface area contributed by atoms with Crippen molar-refractivity contribution in [3.05, 3.63) is 0 Å². The Kier molecular flexibility index (Phi) is 4.42. The maximum Gasteiger partial charge on any atom is 0.173 e. The van der Waals surface area contributed by atoms with Crippen LogP contribution in [0.1, 0.15) is 45.4 Å². The highest BCUT2D eigenvalue weighted by molar-refractivity contribution is 4.84. The van der Waals surface area contributed by atoms with Gasteiger partial charge in [0.2, 0.25) is 0 Å². The molecular formula is C15H27NO3. The molecule has 4 heteroatoms. The van der Waals surface area contributed by atoms with Gasteiger partial charge >= 0.3 is 0 Å². The van der Waals surface area contributed by atoms with Crippen molar-refractivity contribution in [2.45, 2.75) is 63.4 Å². The van der Waals surface area contributed by atoms with Gasteiger partial charge in [0.25, 0.3) is 0 Å². The zero-order valence-corrected chi connectivity index (χ0v) is 12.0. The molecule has 0 unspecified atom stereocenters. The van der Waals surface area contributed by atoms with E-state index in [0.717, 1.165) is 45.1 Å². The highest BCUT2D eigenvalue weighted by Crippen LogP contribution is 2.33. The van der Waals surface area contributed by atoms with Crippen molar-refractivity contribution in [1.82, 2.24) is 5.32 Å². The molecule has 1 N–H and O–H groups in total. The first-order valence-corrected chi connectivity index (χ1v) is 7.90. The van der Waals surface area contributed by atoms with Crippen molar-refractivity contribution < 1.29 is 14.2 Å². The standard InChI is InChI=1S/C15H27NO3/c1-12(13-4-2-3-5-13)16-10-14-11-18-15(19-14)6-8-17-9-7-15/h12-14,16H,2-11H2,1H3/t12-,14-/m0/s1. The lowest BCUT2D eigenvalue weighted by atomic mass is 10.00. The largest absolute Gasteiger partial charge is 0.381 e. The van der Waals surface area contributed by atoms with Crippen molar-refractivity contribution in [2.75, 3.05) is 26.4 Å². The number of hydrogen-bond donors (Lipinski definition) is 1. The van der Waals surface area contributed by atoms with Crippen LogP contribution in [0.15, 0.2) is 0 Å². The zero-order valence-electron chi connectivity index (χ0n) is 12.0. The lowest BCUT2D eigenvalue weighted by Crippen LogP contribution is -2.41. The Morgan fingerprint density at radius 3 is 2.68 bits per heavy atom. The van der Waals surface area contributed by atoms with E-state index in [9.17, 15) is 0 Å². The zero-order chi connectivity index (χ0) is 13.1. The van der Waals surface area contributed by atoms with Crippen molar-refractivity contribution in [3.8, 4) is 0 Å². The predicted molar refractivity (Wildman–Crippen MR) is 73.0 cm³/mol. The molecule has 0 aromatic heterocycles. The van der Waals surface area contributed by atoms with Gasteiger partial charge in [0, 0.05) is 25.4 Å². The monoisotopic (exact) mass is 269 g/mol. The molecule has 110 valence electrons. The van der Waals surface area contributed by atoms with E-state index in [2.05, 4.69) is 12.2 Å². The quantitative estimate of drug-likeness (QED) is 0.848. The van der Waals surface area contributed by atoms with Crippen molar-refractivity contribution >= 4 is 0 Å². The second kappa shape index (κ2) is 6.08. The van der Waals surface area contributed by atoms with Crippen LogP contribution in [0.3, 0.4) is 0 Å². The lowest BCUT2D eigenvalue weighted by molar-refractivity contribution is -0.210. The number of ether oxygens (including phenoxy) is 3. The summed E-state index contributed by atoms with van der Waals surface area (Å²) >= 11 is 0. The number of hydrogen-bond acceptors (Lipinski definition) is 4. The summed E-state index contributed by atoms with van der Waals surface area (Å²) in [6, 6.07) is 0.609. The smallest absolute Gasteiger partial charge is 0.173 e. The molecule has 0 radical (unpaired) electrons. The van der Waals surface area contributed by atoms with Crippen LogP contribution in [0.4, 0.5) is 0 Å². The average Bonchev–Trinajstić information content (AvgIpc) is 3.08. The van der Waals surface area contributed by atoms with E-state index in [4.69, 9.17) is 14.2 Å². The Morgan fingerprint density at radius 2 is 1.95 bits per heavy atom. The van der Waals surface area contributed by atoms with Gasteiger partial charge in [0.05, 0.1) is 25.9 Å². The van der Waals surface area contributed by atoms with Crippen LogP contribution in [-0.4, -0.2) is 44.3 Å². The summed E-state index contributed by atoms with van der Waals surface area (Å²) < 4.78 is 17.4. The summed E-state index contributed by atoms with van der Waals surface area (Å²) in [4.78, 5) is 0. The van der Waals surface area contributed by atoms with Crippen LogP contribution in [0.25, 0.3) is 0 Å². The maximum absolute atomic E-state index is 6.14. The molecule has 2 heterocycles. The van der Waals surface area contributed by atoms with Crippen LogP contribution in [-0.2, 0) is 14.2 Å². The Hall–Kier alpha value is -0.160. The van der Waals surface area contributed by atoms with Gasteiger partial charge in [-0.05, 0) is 25.7 Å². The van der Waals surface area contributed by atoms with Gasteiger partial charge in [-0.2, -0.15) is 0 Å². The average molecular weight is 269 g/mol. The van der Waals surface area contributed by atoms with Gasteiger partial charge in [0.15, 0.2) is 5.79 Å². The van der Waals surface area contributed by atoms with Crippen LogP contribution in [0, 0.1) is 5.92 Å². The minimum absolute atomic E-state index is 0.210. The predicted octanol–water partition coefficient (Wildman–Crippen LogP) is 2.08. The van der Waals surface area contributed by atoms with Gasteiger partial charge in [-0.3, -0.25) is 0 Å². The third kappa shape index (κ3) is 3.30. The SMILES string of the molecule is C[C@H](NC[C@H]1COC2(CCOCC2)O1)C1CCCC1. The summed E-state index contributed by atoms with van der Waals surface area (Å²) in [5, 5.41) is 3.65. The van der Waals surface area contributed by atoms with Crippen LogP contribution < -0.4 is 5.32 Å². The van der Waals surface area contributed by atoms with Crippen LogP contribution in [0.5, 0.6) is 0 Å². The van der Waals surface area contributed by atoms with Gasteiger partial charge in [-0.25, -0.2) is 0 Å². The Labute approximate surface area is 116 Å². The molecule has 1 aliphatic carbocycles. The first-order valence-electron chi connectivity index (χ1n) is 7.90. The molecule has 3 aliphatic rings. The maximum atomic E-state index is 6.14. The van der Waals surface area contributed by atoms with Crippen molar-refractivity contribution in [3.63, 3.8) is 0 Å². The van der Waals surface area contributed by atoms with Gasteiger partial charge in [-0.15, -0.1) is 0 Å². The summed E-state index contributed by atoms with van der Waals surface area (Å²) in [5.74, 6) is 0.528. The number of rotatable bonds is 4.